The number of hydrogen-bond donors (Lipinski definition) is 4. The fourth-order valence-electron chi connectivity index (χ4n) is 2.32. The van der Waals surface area contributed by atoms with Crippen molar-refractivity contribution in [2.45, 2.75) is 25.7 Å². The van der Waals surface area contributed by atoms with Crippen LogP contribution in [0, 0.1) is 5.41 Å². The summed E-state index contributed by atoms with van der Waals surface area (Å²) in [7, 11) is 0. The third-order valence-electron chi connectivity index (χ3n) is 3.44. The van der Waals surface area contributed by atoms with Crippen LogP contribution in [0.5, 0.6) is 0 Å². The van der Waals surface area contributed by atoms with E-state index in [0.717, 1.165) is 12.8 Å². The van der Waals surface area contributed by atoms with Crippen LogP contribution in [-0.4, -0.2) is 33.5 Å². The minimum absolute atomic E-state index is 0.0916. The number of aromatic amines is 2. The quantitative estimate of drug-likeness (QED) is 0.608. The summed E-state index contributed by atoms with van der Waals surface area (Å²) in [6.07, 6.45) is 4.14. The number of rotatable bonds is 4. The molecule has 18 heavy (non-hydrogen) atoms. The lowest BCUT2D eigenvalue weighted by Crippen LogP contribution is -2.41. The fourth-order valence-corrected chi connectivity index (χ4v) is 2.32. The molecule has 98 valence electrons. The Morgan fingerprint density at radius 1 is 1.39 bits per heavy atom. The topological polar surface area (TPSA) is 115 Å². The molecule has 4 N–H and O–H groups in total. The summed E-state index contributed by atoms with van der Waals surface area (Å²) < 4.78 is 0. The molecule has 1 fully saturated rings. The Labute approximate surface area is 103 Å². The second kappa shape index (κ2) is 4.67. The normalized spacial score (nSPS) is 17.6. The van der Waals surface area contributed by atoms with Gasteiger partial charge in [-0.25, -0.2) is 4.79 Å². The lowest BCUT2D eigenvalue weighted by atomic mass is 9.86. The van der Waals surface area contributed by atoms with Crippen LogP contribution >= 0.6 is 0 Å². The van der Waals surface area contributed by atoms with Gasteiger partial charge in [0.1, 0.15) is 5.69 Å². The van der Waals surface area contributed by atoms with Gasteiger partial charge in [0.05, 0.1) is 5.41 Å². The highest BCUT2D eigenvalue weighted by Gasteiger charge is 2.41. The molecular formula is C11H15N3O4. The number of aromatic nitrogens is 2. The Bertz CT molecular complexity index is 510. The van der Waals surface area contributed by atoms with E-state index in [9.17, 15) is 19.5 Å². The Morgan fingerprint density at radius 2 is 2.06 bits per heavy atom. The summed E-state index contributed by atoms with van der Waals surface area (Å²) in [6, 6.07) is 0. The van der Waals surface area contributed by atoms with Gasteiger partial charge in [-0.3, -0.25) is 9.59 Å². The molecule has 7 heteroatoms. The van der Waals surface area contributed by atoms with Crippen molar-refractivity contribution in [2.24, 2.45) is 5.41 Å². The number of carboxylic acids is 1. The molecule has 0 unspecified atom stereocenters. The van der Waals surface area contributed by atoms with E-state index >= 15 is 0 Å². The third kappa shape index (κ3) is 2.29. The van der Waals surface area contributed by atoms with Crippen molar-refractivity contribution in [3.8, 4) is 0 Å². The first-order chi connectivity index (χ1) is 8.53. The lowest BCUT2D eigenvalue weighted by molar-refractivity contribution is -0.148. The molecule has 2 rings (SSSR count). The number of H-pyrrole nitrogens is 2. The van der Waals surface area contributed by atoms with Crippen LogP contribution < -0.4 is 11.0 Å². The summed E-state index contributed by atoms with van der Waals surface area (Å²) in [4.78, 5) is 38.4. The molecular weight excluding hydrogens is 238 g/mol. The molecule has 1 aromatic heterocycles. The first-order valence-corrected chi connectivity index (χ1v) is 5.83. The van der Waals surface area contributed by atoms with Crippen LogP contribution in [0.3, 0.4) is 0 Å². The number of nitrogens with one attached hydrogen (secondary N) is 3. The average molecular weight is 253 g/mol. The molecule has 0 aliphatic heterocycles. The first-order valence-electron chi connectivity index (χ1n) is 5.83. The highest BCUT2D eigenvalue weighted by molar-refractivity contribution is 5.92. The number of hydrogen-bond acceptors (Lipinski definition) is 3. The monoisotopic (exact) mass is 253 g/mol. The van der Waals surface area contributed by atoms with Gasteiger partial charge in [0, 0.05) is 12.7 Å². The van der Waals surface area contributed by atoms with E-state index < -0.39 is 23.0 Å². The van der Waals surface area contributed by atoms with Gasteiger partial charge >= 0.3 is 11.7 Å². The highest BCUT2D eigenvalue weighted by Crippen LogP contribution is 2.37. The zero-order chi connectivity index (χ0) is 13.2. The standard InChI is InChI=1S/C11H15N3O4/c15-8(7-5-12-10(18)14-7)13-6-11(9(16)17)3-1-2-4-11/h5H,1-4,6H2,(H,13,15)(H,16,17)(H2,12,14,18). The molecule has 0 spiro atoms. The molecule has 0 aromatic carbocycles. The van der Waals surface area contributed by atoms with Gasteiger partial charge in [-0.05, 0) is 12.8 Å². The minimum atomic E-state index is -0.872. The Kier molecular flexibility index (Phi) is 3.22. The number of carbonyl (C=O) groups is 2. The maximum absolute atomic E-state index is 11.7. The van der Waals surface area contributed by atoms with Gasteiger partial charge in [-0.15, -0.1) is 0 Å². The van der Waals surface area contributed by atoms with E-state index in [4.69, 9.17) is 0 Å². The maximum Gasteiger partial charge on any atom is 0.323 e. The van der Waals surface area contributed by atoms with Crippen LogP contribution in [0.25, 0.3) is 0 Å². The third-order valence-corrected chi connectivity index (χ3v) is 3.44. The Morgan fingerprint density at radius 3 is 2.56 bits per heavy atom. The zero-order valence-electron chi connectivity index (χ0n) is 9.78. The summed E-state index contributed by atoms with van der Waals surface area (Å²) in [6.45, 7) is 0.0916. The molecule has 1 saturated carbocycles. The van der Waals surface area contributed by atoms with Gasteiger partial charge in [0.2, 0.25) is 0 Å². The Balaban J connectivity index is 2.00. The van der Waals surface area contributed by atoms with Crippen molar-refractivity contribution in [2.75, 3.05) is 6.54 Å². The van der Waals surface area contributed by atoms with Crippen LogP contribution in [0.2, 0.25) is 0 Å². The van der Waals surface area contributed by atoms with Crippen LogP contribution in [0.1, 0.15) is 36.2 Å². The Hall–Kier alpha value is -2.05. The van der Waals surface area contributed by atoms with Crippen molar-refractivity contribution >= 4 is 11.9 Å². The maximum atomic E-state index is 11.7. The van der Waals surface area contributed by atoms with E-state index in [1.165, 1.54) is 6.20 Å². The molecule has 1 aliphatic carbocycles. The summed E-state index contributed by atoms with van der Waals surface area (Å²) >= 11 is 0. The van der Waals surface area contributed by atoms with Crippen molar-refractivity contribution in [1.29, 1.82) is 0 Å². The number of carboxylic acid groups (broad SMARTS) is 1. The van der Waals surface area contributed by atoms with Crippen LogP contribution in [-0.2, 0) is 4.79 Å². The van der Waals surface area contributed by atoms with Crippen LogP contribution in [0.15, 0.2) is 11.0 Å². The van der Waals surface area contributed by atoms with Crippen molar-refractivity contribution in [3.63, 3.8) is 0 Å². The fraction of sp³-hybridized carbons (Fsp3) is 0.545. The van der Waals surface area contributed by atoms with E-state index in [1.807, 2.05) is 0 Å². The van der Waals surface area contributed by atoms with Crippen molar-refractivity contribution < 1.29 is 14.7 Å². The van der Waals surface area contributed by atoms with Crippen molar-refractivity contribution in [1.82, 2.24) is 15.3 Å². The smallest absolute Gasteiger partial charge is 0.323 e. The molecule has 0 radical (unpaired) electrons. The highest BCUT2D eigenvalue weighted by atomic mass is 16.4. The SMILES string of the molecule is O=C(NCC1(C(=O)O)CCCC1)c1c[nH]c(=O)[nH]1. The predicted octanol–water partition coefficient (Wildman–Crippen LogP) is 0.0778. The van der Waals surface area contributed by atoms with Gasteiger partial charge in [0.25, 0.3) is 5.91 Å². The van der Waals surface area contributed by atoms with Gasteiger partial charge < -0.3 is 20.4 Å². The van der Waals surface area contributed by atoms with Gasteiger partial charge in [-0.2, -0.15) is 0 Å². The van der Waals surface area contributed by atoms with Crippen molar-refractivity contribution in [3.05, 3.63) is 22.4 Å². The molecule has 1 aromatic rings. The van der Waals surface area contributed by atoms with E-state index in [0.29, 0.717) is 12.8 Å². The van der Waals surface area contributed by atoms with Crippen LogP contribution in [0.4, 0.5) is 0 Å². The van der Waals surface area contributed by atoms with Gasteiger partial charge in [0.15, 0.2) is 0 Å². The van der Waals surface area contributed by atoms with E-state index in [2.05, 4.69) is 15.3 Å². The second-order valence-electron chi connectivity index (χ2n) is 4.63. The molecule has 1 amide bonds. The first kappa shape index (κ1) is 12.4. The predicted molar refractivity (Wildman–Crippen MR) is 62.3 cm³/mol. The molecule has 1 heterocycles. The largest absolute Gasteiger partial charge is 0.481 e. The minimum Gasteiger partial charge on any atom is -0.481 e. The molecule has 1 aliphatic rings. The number of carbonyl (C=O) groups excluding carboxylic acids is 1. The van der Waals surface area contributed by atoms with Gasteiger partial charge in [-0.1, -0.05) is 12.8 Å². The second-order valence-corrected chi connectivity index (χ2v) is 4.63. The molecule has 0 saturated heterocycles. The molecule has 0 atom stereocenters. The molecule has 7 nitrogen and oxygen atoms in total. The lowest BCUT2D eigenvalue weighted by Gasteiger charge is -2.23. The zero-order valence-corrected chi connectivity index (χ0v) is 9.78. The number of amides is 1. The average Bonchev–Trinajstić information content (AvgIpc) is 2.95. The summed E-state index contributed by atoms with van der Waals surface area (Å²) in [5.74, 6) is -1.34. The molecule has 0 bridgehead atoms. The van der Waals surface area contributed by atoms with E-state index in [1.54, 1.807) is 0 Å². The number of imidazole rings is 1. The summed E-state index contributed by atoms with van der Waals surface area (Å²) in [5.41, 5.74) is -1.21. The number of aliphatic carboxylic acids is 1. The summed E-state index contributed by atoms with van der Waals surface area (Å²) in [5, 5.41) is 11.8. The van der Waals surface area contributed by atoms with E-state index in [-0.39, 0.29) is 12.2 Å².